The van der Waals surface area contributed by atoms with Crippen molar-refractivity contribution >= 4 is 0 Å². The van der Waals surface area contributed by atoms with E-state index in [9.17, 15) is 0 Å². The van der Waals surface area contributed by atoms with E-state index in [1.54, 1.807) is 0 Å². The van der Waals surface area contributed by atoms with E-state index >= 15 is 0 Å². The molecule has 2 aromatic carbocycles. The average Bonchev–Trinajstić information content (AvgIpc) is 2.52. The Bertz CT molecular complexity index is 502. The highest BCUT2D eigenvalue weighted by molar-refractivity contribution is 5.15. The SMILES string of the molecule is C[N+](C)(CCCCc1ccccc1)CCc1ccccc1. The zero-order chi connectivity index (χ0) is 15.0. The van der Waals surface area contributed by atoms with E-state index in [0.717, 1.165) is 4.48 Å². The Balaban J connectivity index is 1.66. The number of quaternary nitrogens is 1. The molecule has 0 radical (unpaired) electrons. The van der Waals surface area contributed by atoms with Crippen LogP contribution >= 0.6 is 0 Å². The summed E-state index contributed by atoms with van der Waals surface area (Å²) in [7, 11) is 4.71. The number of rotatable bonds is 8. The molecule has 0 atom stereocenters. The maximum atomic E-state index is 2.35. The second kappa shape index (κ2) is 7.99. The predicted octanol–water partition coefficient (Wildman–Crippen LogP) is 4.33. The first kappa shape index (κ1) is 15.8. The highest BCUT2D eigenvalue weighted by Crippen LogP contribution is 2.09. The van der Waals surface area contributed by atoms with Crippen molar-refractivity contribution in [1.82, 2.24) is 0 Å². The molecule has 2 aromatic rings. The molecule has 0 aromatic heterocycles. The molecule has 0 unspecified atom stereocenters. The summed E-state index contributed by atoms with van der Waals surface area (Å²) < 4.78 is 1.11. The number of benzene rings is 2. The molecule has 0 bridgehead atoms. The van der Waals surface area contributed by atoms with Gasteiger partial charge >= 0.3 is 0 Å². The minimum Gasteiger partial charge on any atom is -0.328 e. The summed E-state index contributed by atoms with van der Waals surface area (Å²) in [5.74, 6) is 0. The summed E-state index contributed by atoms with van der Waals surface area (Å²) in [6, 6.07) is 21.6. The molecule has 1 heteroatoms. The number of likely N-dealkylation sites (N-methyl/N-ethyl adjacent to an activating group) is 1. The monoisotopic (exact) mass is 282 g/mol. The van der Waals surface area contributed by atoms with Crippen LogP contribution < -0.4 is 0 Å². The predicted molar refractivity (Wildman–Crippen MR) is 91.4 cm³/mol. The van der Waals surface area contributed by atoms with Crippen molar-refractivity contribution < 1.29 is 4.48 Å². The molecule has 2 rings (SSSR count). The van der Waals surface area contributed by atoms with E-state index in [1.807, 2.05) is 0 Å². The zero-order valence-corrected chi connectivity index (χ0v) is 13.5. The summed E-state index contributed by atoms with van der Waals surface area (Å²) in [5, 5.41) is 0. The first-order valence-corrected chi connectivity index (χ1v) is 8.06. The van der Waals surface area contributed by atoms with Crippen molar-refractivity contribution in [3.05, 3.63) is 71.8 Å². The number of nitrogens with zero attached hydrogens (tertiary/aromatic N) is 1. The first-order chi connectivity index (χ1) is 10.2. The molecule has 0 aliphatic rings. The van der Waals surface area contributed by atoms with Crippen LogP contribution in [-0.2, 0) is 12.8 Å². The van der Waals surface area contributed by atoms with Gasteiger partial charge in [0.05, 0.1) is 27.2 Å². The molecule has 0 N–H and O–H groups in total. The van der Waals surface area contributed by atoms with E-state index in [4.69, 9.17) is 0 Å². The van der Waals surface area contributed by atoms with Gasteiger partial charge in [0, 0.05) is 6.42 Å². The summed E-state index contributed by atoms with van der Waals surface area (Å²) in [5.41, 5.74) is 2.92. The largest absolute Gasteiger partial charge is 0.328 e. The molecule has 0 saturated carbocycles. The summed E-state index contributed by atoms with van der Waals surface area (Å²) >= 11 is 0. The van der Waals surface area contributed by atoms with Crippen LogP contribution in [-0.4, -0.2) is 31.7 Å². The molecule has 0 amide bonds. The third kappa shape index (κ3) is 6.14. The van der Waals surface area contributed by atoms with Gasteiger partial charge in [-0.2, -0.15) is 0 Å². The lowest BCUT2D eigenvalue weighted by Crippen LogP contribution is -2.42. The van der Waals surface area contributed by atoms with Gasteiger partial charge in [-0.25, -0.2) is 0 Å². The van der Waals surface area contributed by atoms with E-state index in [1.165, 1.54) is 49.9 Å². The van der Waals surface area contributed by atoms with Gasteiger partial charge < -0.3 is 4.48 Å². The number of unbranched alkanes of at least 4 members (excludes halogenated alkanes) is 1. The van der Waals surface area contributed by atoms with Crippen LogP contribution in [0.2, 0.25) is 0 Å². The first-order valence-electron chi connectivity index (χ1n) is 8.06. The van der Waals surface area contributed by atoms with Gasteiger partial charge in [-0.3, -0.25) is 0 Å². The van der Waals surface area contributed by atoms with Gasteiger partial charge in [0.15, 0.2) is 0 Å². The average molecular weight is 282 g/mol. The minimum absolute atomic E-state index is 1.11. The van der Waals surface area contributed by atoms with Crippen molar-refractivity contribution in [3.63, 3.8) is 0 Å². The molecule has 21 heavy (non-hydrogen) atoms. The minimum atomic E-state index is 1.11. The number of hydrogen-bond acceptors (Lipinski definition) is 0. The van der Waals surface area contributed by atoms with Crippen LogP contribution in [0.15, 0.2) is 60.7 Å². The van der Waals surface area contributed by atoms with E-state index in [0.29, 0.717) is 0 Å². The van der Waals surface area contributed by atoms with E-state index in [-0.39, 0.29) is 0 Å². The van der Waals surface area contributed by atoms with E-state index < -0.39 is 0 Å². The molecule has 0 heterocycles. The topological polar surface area (TPSA) is 0 Å². The lowest BCUT2D eigenvalue weighted by Gasteiger charge is -2.30. The summed E-state index contributed by atoms with van der Waals surface area (Å²) in [4.78, 5) is 0. The van der Waals surface area contributed by atoms with Crippen LogP contribution in [0.1, 0.15) is 24.0 Å². The Hall–Kier alpha value is -1.60. The highest BCUT2D eigenvalue weighted by Gasteiger charge is 2.14. The van der Waals surface area contributed by atoms with Gasteiger partial charge in [0.2, 0.25) is 0 Å². The molecule has 1 nitrogen and oxygen atoms in total. The summed E-state index contributed by atoms with van der Waals surface area (Å²) in [6.07, 6.45) is 4.97. The van der Waals surface area contributed by atoms with Gasteiger partial charge in [-0.1, -0.05) is 60.7 Å². The normalized spacial score (nSPS) is 11.5. The van der Waals surface area contributed by atoms with Crippen molar-refractivity contribution in [2.45, 2.75) is 25.7 Å². The quantitative estimate of drug-likeness (QED) is 0.499. The second-order valence-corrected chi connectivity index (χ2v) is 6.56. The fraction of sp³-hybridized carbons (Fsp3) is 0.400. The van der Waals surface area contributed by atoms with Gasteiger partial charge in [0.25, 0.3) is 0 Å². The Morgan fingerprint density at radius 2 is 1.14 bits per heavy atom. The van der Waals surface area contributed by atoms with Crippen molar-refractivity contribution in [2.24, 2.45) is 0 Å². The van der Waals surface area contributed by atoms with Gasteiger partial charge in [0.1, 0.15) is 0 Å². The molecule has 0 saturated heterocycles. The van der Waals surface area contributed by atoms with Crippen LogP contribution in [0.3, 0.4) is 0 Å². The molecule has 0 aliphatic carbocycles. The maximum absolute atomic E-state index is 2.35. The molecular weight excluding hydrogens is 254 g/mol. The molecule has 0 fully saturated rings. The van der Waals surface area contributed by atoms with E-state index in [2.05, 4.69) is 74.8 Å². The summed E-state index contributed by atoms with van der Waals surface area (Å²) in [6.45, 7) is 2.48. The number of hydrogen-bond donors (Lipinski definition) is 0. The zero-order valence-electron chi connectivity index (χ0n) is 13.5. The molecule has 112 valence electrons. The Morgan fingerprint density at radius 3 is 1.71 bits per heavy atom. The third-order valence-corrected chi connectivity index (χ3v) is 4.17. The molecular formula is C20H28N+. The van der Waals surface area contributed by atoms with Crippen LogP contribution in [0.4, 0.5) is 0 Å². The third-order valence-electron chi connectivity index (χ3n) is 4.17. The Labute approximate surface area is 129 Å². The smallest absolute Gasteiger partial charge is 0.0823 e. The second-order valence-electron chi connectivity index (χ2n) is 6.56. The Kier molecular flexibility index (Phi) is 6.01. The number of aryl methyl sites for hydroxylation is 1. The van der Waals surface area contributed by atoms with Crippen molar-refractivity contribution in [3.8, 4) is 0 Å². The van der Waals surface area contributed by atoms with Crippen molar-refractivity contribution in [2.75, 3.05) is 27.2 Å². The fourth-order valence-corrected chi connectivity index (χ4v) is 2.70. The fourth-order valence-electron chi connectivity index (χ4n) is 2.70. The van der Waals surface area contributed by atoms with Crippen LogP contribution in [0, 0.1) is 0 Å². The molecule has 0 aliphatic heterocycles. The van der Waals surface area contributed by atoms with Crippen molar-refractivity contribution in [1.29, 1.82) is 0 Å². The standard InChI is InChI=1S/C20H28N/c1-21(2,18-16-20-13-7-4-8-14-20)17-10-9-15-19-11-5-3-6-12-19/h3-8,11-14H,9-10,15-18H2,1-2H3/q+1. The highest BCUT2D eigenvalue weighted by atomic mass is 15.3. The van der Waals surface area contributed by atoms with Gasteiger partial charge in [-0.05, 0) is 30.4 Å². The lowest BCUT2D eigenvalue weighted by atomic mass is 10.1. The molecule has 0 spiro atoms. The Morgan fingerprint density at radius 1 is 0.619 bits per heavy atom. The van der Waals surface area contributed by atoms with Gasteiger partial charge in [-0.15, -0.1) is 0 Å². The van der Waals surface area contributed by atoms with Crippen LogP contribution in [0.5, 0.6) is 0 Å². The van der Waals surface area contributed by atoms with Crippen LogP contribution in [0.25, 0.3) is 0 Å². The maximum Gasteiger partial charge on any atom is 0.0823 e. The lowest BCUT2D eigenvalue weighted by molar-refractivity contribution is -0.890.